The van der Waals surface area contributed by atoms with Crippen molar-refractivity contribution >= 4 is 0 Å². The Balaban J connectivity index is 1.84. The van der Waals surface area contributed by atoms with Crippen LogP contribution >= 0.6 is 0 Å². The molecule has 116 valence electrons. The SMILES string of the molecule is C=CC1=C2CCCC=C2C2=C(N=NC2c2ccc(F)cc2)[C@@H]1C. The molecule has 2 atom stereocenters. The van der Waals surface area contributed by atoms with Crippen LogP contribution in [-0.4, -0.2) is 0 Å². The van der Waals surface area contributed by atoms with Crippen molar-refractivity contribution in [2.45, 2.75) is 32.2 Å². The molecule has 1 aliphatic heterocycles. The number of hydrogen-bond donors (Lipinski definition) is 0. The Morgan fingerprint density at radius 2 is 2.04 bits per heavy atom. The molecule has 0 bridgehead atoms. The minimum atomic E-state index is -0.221. The van der Waals surface area contributed by atoms with Crippen LogP contribution in [0.15, 0.2) is 81.2 Å². The van der Waals surface area contributed by atoms with Crippen LogP contribution in [0.4, 0.5) is 4.39 Å². The number of allylic oxidation sites excluding steroid dienone is 4. The van der Waals surface area contributed by atoms with Gasteiger partial charge in [0.05, 0.1) is 5.70 Å². The summed E-state index contributed by atoms with van der Waals surface area (Å²) in [6.07, 6.45) is 7.65. The highest BCUT2D eigenvalue weighted by molar-refractivity contribution is 5.63. The summed E-state index contributed by atoms with van der Waals surface area (Å²) in [7, 11) is 0. The van der Waals surface area contributed by atoms with Crippen LogP contribution in [0.25, 0.3) is 0 Å². The summed E-state index contributed by atoms with van der Waals surface area (Å²) in [5, 5.41) is 9.01. The van der Waals surface area contributed by atoms with E-state index in [1.807, 2.05) is 18.2 Å². The third-order valence-electron chi connectivity index (χ3n) is 5.06. The number of hydrogen-bond acceptors (Lipinski definition) is 2. The van der Waals surface area contributed by atoms with E-state index in [0.29, 0.717) is 0 Å². The van der Waals surface area contributed by atoms with Crippen LogP contribution in [-0.2, 0) is 0 Å². The minimum absolute atomic E-state index is 0.112. The second-order valence-electron chi connectivity index (χ2n) is 6.34. The number of halogens is 1. The molecule has 0 saturated heterocycles. The van der Waals surface area contributed by atoms with Crippen molar-refractivity contribution in [1.82, 2.24) is 0 Å². The second kappa shape index (κ2) is 5.41. The lowest BCUT2D eigenvalue weighted by atomic mass is 9.73. The van der Waals surface area contributed by atoms with Gasteiger partial charge in [0.2, 0.25) is 0 Å². The van der Waals surface area contributed by atoms with Crippen LogP contribution in [0.3, 0.4) is 0 Å². The zero-order chi connectivity index (χ0) is 16.0. The van der Waals surface area contributed by atoms with E-state index in [-0.39, 0.29) is 17.8 Å². The molecule has 0 aromatic heterocycles. The fraction of sp³-hybridized carbons (Fsp3) is 0.300. The van der Waals surface area contributed by atoms with E-state index in [1.54, 1.807) is 0 Å². The first-order valence-corrected chi connectivity index (χ1v) is 8.17. The van der Waals surface area contributed by atoms with Gasteiger partial charge in [-0.15, -0.1) is 0 Å². The van der Waals surface area contributed by atoms with Crippen LogP contribution in [0.2, 0.25) is 0 Å². The zero-order valence-corrected chi connectivity index (χ0v) is 13.2. The summed E-state index contributed by atoms with van der Waals surface area (Å²) >= 11 is 0. The fourth-order valence-corrected chi connectivity index (χ4v) is 3.92. The van der Waals surface area contributed by atoms with Crippen LogP contribution in [0, 0.1) is 11.7 Å². The predicted octanol–water partition coefficient (Wildman–Crippen LogP) is 5.83. The zero-order valence-electron chi connectivity index (χ0n) is 13.2. The molecule has 3 aliphatic rings. The molecule has 23 heavy (non-hydrogen) atoms. The first-order valence-electron chi connectivity index (χ1n) is 8.17. The first kappa shape index (κ1) is 14.3. The van der Waals surface area contributed by atoms with Gasteiger partial charge in [-0.1, -0.05) is 37.8 Å². The molecule has 1 aromatic rings. The maximum atomic E-state index is 13.2. The fourth-order valence-electron chi connectivity index (χ4n) is 3.92. The van der Waals surface area contributed by atoms with Crippen molar-refractivity contribution in [3.63, 3.8) is 0 Å². The number of nitrogens with zero attached hydrogens (tertiary/aromatic N) is 2. The van der Waals surface area contributed by atoms with Crippen LogP contribution in [0.1, 0.15) is 37.8 Å². The Morgan fingerprint density at radius 1 is 1.26 bits per heavy atom. The van der Waals surface area contributed by atoms with Gasteiger partial charge in [0.25, 0.3) is 0 Å². The van der Waals surface area contributed by atoms with Crippen molar-refractivity contribution < 1.29 is 4.39 Å². The largest absolute Gasteiger partial charge is 0.207 e. The van der Waals surface area contributed by atoms with E-state index in [4.69, 9.17) is 0 Å². The molecule has 1 aromatic carbocycles. The molecule has 3 heteroatoms. The Hall–Kier alpha value is -2.29. The van der Waals surface area contributed by atoms with Crippen LogP contribution < -0.4 is 0 Å². The van der Waals surface area contributed by atoms with Gasteiger partial charge >= 0.3 is 0 Å². The molecule has 0 spiro atoms. The maximum absolute atomic E-state index is 13.2. The van der Waals surface area contributed by atoms with Gasteiger partial charge in [-0.05, 0) is 53.7 Å². The average Bonchev–Trinajstić information content (AvgIpc) is 3.02. The molecule has 0 fully saturated rings. The highest BCUT2D eigenvalue weighted by Crippen LogP contribution is 2.51. The molecular formula is C20H19FN2. The monoisotopic (exact) mass is 306 g/mol. The number of rotatable bonds is 2. The molecule has 1 unspecified atom stereocenters. The lowest BCUT2D eigenvalue weighted by molar-refractivity contribution is 0.626. The Labute approximate surface area is 135 Å². The van der Waals surface area contributed by atoms with Gasteiger partial charge in [0.1, 0.15) is 11.9 Å². The normalized spacial score (nSPS) is 26.1. The lowest BCUT2D eigenvalue weighted by Crippen LogP contribution is -2.17. The summed E-state index contributed by atoms with van der Waals surface area (Å²) in [4.78, 5) is 0. The summed E-state index contributed by atoms with van der Waals surface area (Å²) in [5.74, 6) is 0.00302. The molecule has 4 rings (SSSR count). The topological polar surface area (TPSA) is 24.7 Å². The van der Waals surface area contributed by atoms with E-state index in [9.17, 15) is 4.39 Å². The Kier molecular flexibility index (Phi) is 3.37. The maximum Gasteiger partial charge on any atom is 0.124 e. The van der Waals surface area contributed by atoms with E-state index in [0.717, 1.165) is 24.1 Å². The van der Waals surface area contributed by atoms with E-state index >= 15 is 0 Å². The highest BCUT2D eigenvalue weighted by atomic mass is 19.1. The summed E-state index contributed by atoms with van der Waals surface area (Å²) in [6.45, 7) is 6.18. The highest BCUT2D eigenvalue weighted by Gasteiger charge is 2.37. The quantitative estimate of drug-likeness (QED) is 0.657. The van der Waals surface area contributed by atoms with E-state index in [1.165, 1.54) is 40.8 Å². The summed E-state index contributed by atoms with van der Waals surface area (Å²) in [6, 6.07) is 6.51. The molecule has 2 nitrogen and oxygen atoms in total. The molecule has 0 radical (unpaired) electrons. The van der Waals surface area contributed by atoms with Crippen LogP contribution in [0.5, 0.6) is 0 Å². The minimum Gasteiger partial charge on any atom is -0.207 e. The molecule has 0 amide bonds. The van der Waals surface area contributed by atoms with Gasteiger partial charge in [-0.2, -0.15) is 10.2 Å². The lowest BCUT2D eigenvalue weighted by Gasteiger charge is -2.31. The average molecular weight is 306 g/mol. The number of benzene rings is 1. The number of fused-ring (bicyclic) bond motifs is 2. The van der Waals surface area contributed by atoms with Gasteiger partial charge in [-0.25, -0.2) is 4.39 Å². The van der Waals surface area contributed by atoms with Gasteiger partial charge < -0.3 is 0 Å². The Morgan fingerprint density at radius 3 is 2.78 bits per heavy atom. The second-order valence-corrected chi connectivity index (χ2v) is 6.34. The first-order chi connectivity index (χ1) is 11.2. The predicted molar refractivity (Wildman–Crippen MR) is 89.3 cm³/mol. The van der Waals surface area contributed by atoms with Crippen molar-refractivity contribution in [2.24, 2.45) is 16.1 Å². The third-order valence-corrected chi connectivity index (χ3v) is 5.06. The van der Waals surface area contributed by atoms with Crippen molar-refractivity contribution in [3.8, 4) is 0 Å². The van der Waals surface area contributed by atoms with Crippen molar-refractivity contribution in [2.75, 3.05) is 0 Å². The van der Waals surface area contributed by atoms with Gasteiger partial charge in [0.15, 0.2) is 0 Å². The number of azo groups is 1. The molecule has 1 heterocycles. The van der Waals surface area contributed by atoms with Gasteiger partial charge in [-0.3, -0.25) is 0 Å². The third kappa shape index (κ3) is 2.14. The van der Waals surface area contributed by atoms with Crippen molar-refractivity contribution in [1.29, 1.82) is 0 Å². The van der Waals surface area contributed by atoms with E-state index in [2.05, 4.69) is 29.8 Å². The standard InChI is InChI=1S/C20H19FN2/c1-3-15-12(2)19-18(17-7-5-4-6-16(15)17)20(23-22-19)13-8-10-14(21)11-9-13/h3,7-12,20H,1,4-6H2,2H3/t12-,20?/m1/s1. The molecule has 0 N–H and O–H groups in total. The summed E-state index contributed by atoms with van der Waals surface area (Å²) < 4.78 is 13.2. The molecular weight excluding hydrogens is 287 g/mol. The summed E-state index contributed by atoms with van der Waals surface area (Å²) in [5.41, 5.74) is 7.24. The van der Waals surface area contributed by atoms with E-state index < -0.39 is 0 Å². The Bertz CT molecular complexity index is 793. The van der Waals surface area contributed by atoms with Crippen molar-refractivity contribution in [3.05, 3.63) is 82.4 Å². The smallest absolute Gasteiger partial charge is 0.124 e. The van der Waals surface area contributed by atoms with Gasteiger partial charge in [0, 0.05) is 11.5 Å². The molecule has 2 aliphatic carbocycles. The molecule has 0 saturated carbocycles.